The maximum absolute atomic E-state index is 14.9. The normalized spacial score (nSPS) is 25.1. The number of rotatable bonds is 5. The van der Waals surface area contributed by atoms with E-state index < -0.39 is 39.2 Å². The number of hydrogen-bond acceptors (Lipinski definition) is 6. The molecule has 0 bridgehead atoms. The molecule has 3 heterocycles. The van der Waals surface area contributed by atoms with E-state index in [0.717, 1.165) is 0 Å². The van der Waals surface area contributed by atoms with Crippen molar-refractivity contribution in [2.45, 2.75) is 30.5 Å². The second kappa shape index (κ2) is 8.49. The lowest BCUT2D eigenvalue weighted by Crippen LogP contribution is -2.71. The second-order valence-electron chi connectivity index (χ2n) is 8.78. The standard InChI is InChI=1S/C23H26F2N4O3S/c1-14-23(11-29(4)12-23)33(31)13-22(3,28-14)18-9-16(5-7-19(18)25)27-21(30)20-8-6-17(10-26-20)32-15(2)24/h5-10,15,28H,1,11-13H2,2-4H3,(H,27,30)/t15?,22-,33?/m0/s1. The molecule has 10 heteroatoms. The van der Waals surface area contributed by atoms with Crippen molar-refractivity contribution < 1.29 is 22.5 Å². The minimum absolute atomic E-state index is 0.0901. The summed E-state index contributed by atoms with van der Waals surface area (Å²) in [6.07, 6.45) is -0.243. The van der Waals surface area contributed by atoms with Crippen molar-refractivity contribution in [3.05, 3.63) is 65.9 Å². The number of ether oxygens (including phenoxy) is 1. The van der Waals surface area contributed by atoms with Crippen molar-refractivity contribution in [2.75, 3.05) is 31.2 Å². The summed E-state index contributed by atoms with van der Waals surface area (Å²) in [4.78, 5) is 18.6. The lowest BCUT2D eigenvalue weighted by atomic mass is 9.88. The van der Waals surface area contributed by atoms with Crippen LogP contribution in [0.5, 0.6) is 5.75 Å². The van der Waals surface area contributed by atoms with Crippen LogP contribution >= 0.6 is 0 Å². The number of likely N-dealkylation sites (tertiary alicyclic amines) is 1. The summed E-state index contributed by atoms with van der Waals surface area (Å²) in [6.45, 7) is 8.39. The number of halogens is 2. The van der Waals surface area contributed by atoms with Crippen LogP contribution in [0.2, 0.25) is 0 Å². The highest BCUT2D eigenvalue weighted by Gasteiger charge is 2.55. The molecule has 7 nitrogen and oxygen atoms in total. The molecule has 0 aliphatic carbocycles. The molecule has 4 rings (SSSR count). The molecular formula is C23H26F2N4O3S. The van der Waals surface area contributed by atoms with Gasteiger partial charge < -0.3 is 20.3 Å². The molecule has 2 aliphatic rings. The van der Waals surface area contributed by atoms with E-state index in [0.29, 0.717) is 24.5 Å². The Morgan fingerprint density at radius 1 is 1.36 bits per heavy atom. The quantitative estimate of drug-likeness (QED) is 0.691. The van der Waals surface area contributed by atoms with E-state index in [-0.39, 0.29) is 22.8 Å². The SMILES string of the molecule is C=C1N[C@](C)(c2cc(NC(=O)c3ccc(OC(C)F)cn3)ccc2F)CS(=O)C12CN(C)C2. The summed E-state index contributed by atoms with van der Waals surface area (Å²) in [5.74, 6) is -0.580. The highest BCUT2D eigenvalue weighted by atomic mass is 32.2. The summed E-state index contributed by atoms with van der Waals surface area (Å²) < 4.78 is 45.3. The fraction of sp³-hybridized carbons (Fsp3) is 0.391. The molecule has 2 saturated heterocycles. The zero-order valence-electron chi connectivity index (χ0n) is 18.7. The Labute approximate surface area is 193 Å². The average Bonchev–Trinajstić information content (AvgIpc) is 2.71. The van der Waals surface area contributed by atoms with Crippen LogP contribution in [0.25, 0.3) is 0 Å². The molecule has 2 fully saturated rings. The Bertz CT molecular complexity index is 1100. The molecule has 176 valence electrons. The average molecular weight is 477 g/mol. The number of aromatic nitrogens is 1. The van der Waals surface area contributed by atoms with Gasteiger partial charge in [-0.05, 0) is 44.3 Å². The lowest BCUT2D eigenvalue weighted by molar-refractivity contribution is 0.0856. The van der Waals surface area contributed by atoms with Gasteiger partial charge in [0.1, 0.15) is 22.0 Å². The minimum atomic E-state index is -1.50. The van der Waals surface area contributed by atoms with E-state index >= 15 is 0 Å². The van der Waals surface area contributed by atoms with Crippen LogP contribution in [-0.4, -0.2) is 57.0 Å². The summed E-state index contributed by atoms with van der Waals surface area (Å²) in [5, 5.41) is 6.00. The summed E-state index contributed by atoms with van der Waals surface area (Å²) >= 11 is 0. The van der Waals surface area contributed by atoms with Gasteiger partial charge in [0.25, 0.3) is 5.91 Å². The van der Waals surface area contributed by atoms with Gasteiger partial charge >= 0.3 is 0 Å². The second-order valence-corrected chi connectivity index (χ2v) is 10.5. The number of hydrogen-bond donors (Lipinski definition) is 2. The first-order valence-electron chi connectivity index (χ1n) is 10.5. The largest absolute Gasteiger partial charge is 0.459 e. The third-order valence-corrected chi connectivity index (χ3v) is 8.18. The van der Waals surface area contributed by atoms with Gasteiger partial charge in [0.15, 0.2) is 0 Å². The van der Waals surface area contributed by atoms with Crippen LogP contribution in [0.4, 0.5) is 14.5 Å². The molecule has 2 unspecified atom stereocenters. The van der Waals surface area contributed by atoms with Crippen LogP contribution in [-0.2, 0) is 16.3 Å². The van der Waals surface area contributed by atoms with Gasteiger partial charge in [-0.2, -0.15) is 0 Å². The fourth-order valence-corrected chi connectivity index (χ4v) is 6.40. The van der Waals surface area contributed by atoms with Crippen LogP contribution in [0.1, 0.15) is 29.9 Å². The lowest BCUT2D eigenvalue weighted by Gasteiger charge is -2.55. The molecule has 1 spiro atoms. The third-order valence-electron chi connectivity index (χ3n) is 5.97. The Kier molecular flexibility index (Phi) is 6.00. The third kappa shape index (κ3) is 4.37. The molecule has 2 aliphatic heterocycles. The highest BCUT2D eigenvalue weighted by Crippen LogP contribution is 2.41. The molecule has 2 N–H and O–H groups in total. The number of carbonyl (C=O) groups is 1. The van der Waals surface area contributed by atoms with Gasteiger partial charge in [0, 0.05) is 47.8 Å². The van der Waals surface area contributed by atoms with Gasteiger partial charge in [-0.1, -0.05) is 6.58 Å². The molecule has 33 heavy (non-hydrogen) atoms. The number of nitrogens with zero attached hydrogens (tertiary/aromatic N) is 2. The van der Waals surface area contributed by atoms with E-state index in [2.05, 4.69) is 27.1 Å². The number of benzene rings is 1. The Morgan fingerprint density at radius 2 is 2.09 bits per heavy atom. The van der Waals surface area contributed by atoms with Gasteiger partial charge in [0.05, 0.1) is 17.5 Å². The number of anilines is 1. The fourth-order valence-electron chi connectivity index (χ4n) is 4.32. The molecular weight excluding hydrogens is 450 g/mol. The van der Waals surface area contributed by atoms with Crippen molar-refractivity contribution >= 4 is 22.4 Å². The Hall–Kier alpha value is -2.85. The van der Waals surface area contributed by atoms with Crippen molar-refractivity contribution in [1.82, 2.24) is 15.2 Å². The van der Waals surface area contributed by atoms with Crippen molar-refractivity contribution in [1.29, 1.82) is 0 Å². The van der Waals surface area contributed by atoms with Crippen molar-refractivity contribution in [3.8, 4) is 5.75 Å². The van der Waals surface area contributed by atoms with E-state index in [4.69, 9.17) is 4.74 Å². The summed E-state index contributed by atoms with van der Waals surface area (Å²) in [7, 11) is 0.705. The molecule has 1 aromatic carbocycles. The van der Waals surface area contributed by atoms with Gasteiger partial charge in [-0.25, -0.2) is 13.8 Å². The topological polar surface area (TPSA) is 83.6 Å². The van der Waals surface area contributed by atoms with Crippen molar-refractivity contribution in [2.24, 2.45) is 0 Å². The number of carbonyl (C=O) groups excluding carboxylic acids is 1. The van der Waals surface area contributed by atoms with Gasteiger partial charge in [-0.15, -0.1) is 0 Å². The maximum atomic E-state index is 14.9. The van der Waals surface area contributed by atoms with Crippen LogP contribution in [0, 0.1) is 5.82 Å². The van der Waals surface area contributed by atoms with Crippen LogP contribution < -0.4 is 15.4 Å². The van der Waals surface area contributed by atoms with E-state index in [1.54, 1.807) is 6.92 Å². The van der Waals surface area contributed by atoms with E-state index in [9.17, 15) is 17.8 Å². The molecule has 3 atom stereocenters. The zero-order valence-corrected chi connectivity index (χ0v) is 19.5. The molecule has 2 aromatic rings. The summed E-state index contributed by atoms with van der Waals surface area (Å²) in [6, 6.07) is 7.08. The highest BCUT2D eigenvalue weighted by molar-refractivity contribution is 7.87. The number of nitrogens with one attached hydrogen (secondary N) is 2. The number of alkyl halides is 1. The van der Waals surface area contributed by atoms with Gasteiger partial charge in [0.2, 0.25) is 6.36 Å². The van der Waals surface area contributed by atoms with Crippen LogP contribution in [0.15, 0.2) is 48.8 Å². The van der Waals surface area contributed by atoms with Crippen LogP contribution in [0.3, 0.4) is 0 Å². The molecule has 1 amide bonds. The smallest absolute Gasteiger partial charge is 0.274 e. The van der Waals surface area contributed by atoms with Crippen molar-refractivity contribution in [3.63, 3.8) is 0 Å². The summed E-state index contributed by atoms with van der Waals surface area (Å²) in [5.41, 5.74) is 0.416. The van der Waals surface area contributed by atoms with E-state index in [1.807, 2.05) is 7.05 Å². The molecule has 0 saturated carbocycles. The molecule has 0 radical (unpaired) electrons. The predicted molar refractivity (Wildman–Crippen MR) is 123 cm³/mol. The number of amides is 1. The first-order valence-corrected chi connectivity index (χ1v) is 11.8. The predicted octanol–water partition coefficient (Wildman–Crippen LogP) is 2.93. The first-order chi connectivity index (χ1) is 15.5. The first kappa shape index (κ1) is 23.3. The minimum Gasteiger partial charge on any atom is -0.459 e. The monoisotopic (exact) mass is 476 g/mol. The van der Waals surface area contributed by atoms with E-state index in [1.165, 1.54) is 43.5 Å². The molecule has 1 aromatic heterocycles. The Balaban J connectivity index is 1.53. The number of pyridine rings is 1. The Morgan fingerprint density at radius 3 is 2.67 bits per heavy atom. The van der Waals surface area contributed by atoms with Gasteiger partial charge in [-0.3, -0.25) is 9.00 Å². The zero-order chi connectivity index (χ0) is 24.0. The maximum Gasteiger partial charge on any atom is 0.274 e.